The molecule has 1 aromatic heterocycles. The minimum absolute atomic E-state index is 0.764. The van der Waals surface area contributed by atoms with E-state index in [4.69, 9.17) is 12.2 Å². The van der Waals surface area contributed by atoms with Crippen LogP contribution < -0.4 is 0 Å². The molecule has 1 aliphatic heterocycles. The van der Waals surface area contributed by atoms with Crippen LogP contribution in [0.25, 0.3) is 0 Å². The molecule has 1 aliphatic rings. The summed E-state index contributed by atoms with van der Waals surface area (Å²) in [6, 6.07) is 0. The third-order valence-electron chi connectivity index (χ3n) is 3.05. The van der Waals surface area contributed by atoms with E-state index < -0.39 is 0 Å². The fraction of sp³-hybridized carbons (Fsp3) is 0.818. The number of hydrogen-bond donors (Lipinski definition) is 1. The van der Waals surface area contributed by atoms with Gasteiger partial charge in [-0.3, -0.25) is 10.00 Å². The normalized spacial score (nSPS) is 17.5. The van der Waals surface area contributed by atoms with E-state index >= 15 is 0 Å². The lowest BCUT2D eigenvalue weighted by Crippen LogP contribution is -2.35. The Morgan fingerprint density at radius 3 is 2.82 bits per heavy atom. The molecule has 2 rings (SSSR count). The van der Waals surface area contributed by atoms with Crippen molar-refractivity contribution in [2.24, 2.45) is 0 Å². The maximum Gasteiger partial charge on any atom is 0.195 e. The minimum Gasteiger partial charge on any atom is -0.303 e. The summed E-state index contributed by atoms with van der Waals surface area (Å²) in [5, 5.41) is 7.20. The van der Waals surface area contributed by atoms with Gasteiger partial charge in [0, 0.05) is 44.1 Å². The SMILES string of the molecule is CCCc1n[nH]c(=S)n1CCN1CCSCC1. The molecule has 0 saturated carbocycles. The van der Waals surface area contributed by atoms with Crippen LogP contribution in [0.3, 0.4) is 0 Å². The Morgan fingerprint density at radius 2 is 2.12 bits per heavy atom. The van der Waals surface area contributed by atoms with Crippen molar-refractivity contribution >= 4 is 24.0 Å². The van der Waals surface area contributed by atoms with Crippen molar-refractivity contribution in [3.8, 4) is 0 Å². The Morgan fingerprint density at radius 1 is 1.35 bits per heavy atom. The summed E-state index contributed by atoms with van der Waals surface area (Å²) in [6.45, 7) is 6.64. The number of aromatic amines is 1. The van der Waals surface area contributed by atoms with E-state index in [9.17, 15) is 0 Å². The molecular weight excluding hydrogens is 252 g/mol. The lowest BCUT2D eigenvalue weighted by molar-refractivity contribution is 0.287. The highest BCUT2D eigenvalue weighted by molar-refractivity contribution is 7.99. The van der Waals surface area contributed by atoms with Gasteiger partial charge in [-0.1, -0.05) is 6.92 Å². The summed E-state index contributed by atoms with van der Waals surface area (Å²) in [6.07, 6.45) is 2.11. The summed E-state index contributed by atoms with van der Waals surface area (Å²) in [5.74, 6) is 3.63. The number of aryl methyl sites for hydroxylation is 1. The quantitative estimate of drug-likeness (QED) is 0.831. The van der Waals surface area contributed by atoms with E-state index in [2.05, 4.69) is 26.6 Å². The van der Waals surface area contributed by atoms with Gasteiger partial charge in [0.15, 0.2) is 4.77 Å². The largest absolute Gasteiger partial charge is 0.303 e. The van der Waals surface area contributed by atoms with Gasteiger partial charge in [-0.05, 0) is 18.6 Å². The predicted octanol–water partition coefficient (Wildman–Crippen LogP) is 1.94. The third kappa shape index (κ3) is 3.56. The van der Waals surface area contributed by atoms with E-state index in [0.29, 0.717) is 0 Å². The predicted molar refractivity (Wildman–Crippen MR) is 75.2 cm³/mol. The first-order chi connectivity index (χ1) is 8.31. The molecule has 0 atom stereocenters. The molecule has 0 aromatic carbocycles. The highest BCUT2D eigenvalue weighted by atomic mass is 32.2. The van der Waals surface area contributed by atoms with Gasteiger partial charge in [0.2, 0.25) is 0 Å². The smallest absolute Gasteiger partial charge is 0.195 e. The Kier molecular flexibility index (Phi) is 5.06. The first-order valence-electron chi connectivity index (χ1n) is 6.25. The van der Waals surface area contributed by atoms with Crippen LogP contribution in [0.15, 0.2) is 0 Å². The topological polar surface area (TPSA) is 36.9 Å². The standard InChI is InChI=1S/C11H20N4S2/c1-2-3-10-12-13-11(16)15(10)5-4-14-6-8-17-9-7-14/h2-9H2,1H3,(H,13,16). The van der Waals surface area contributed by atoms with Gasteiger partial charge in [-0.25, -0.2) is 0 Å². The van der Waals surface area contributed by atoms with E-state index in [-0.39, 0.29) is 0 Å². The van der Waals surface area contributed by atoms with E-state index in [1.165, 1.54) is 24.6 Å². The molecule has 0 bridgehead atoms. The number of aromatic nitrogens is 3. The summed E-state index contributed by atoms with van der Waals surface area (Å²) in [7, 11) is 0. The van der Waals surface area contributed by atoms with Crippen molar-refractivity contribution in [1.29, 1.82) is 0 Å². The number of rotatable bonds is 5. The number of thioether (sulfide) groups is 1. The van der Waals surface area contributed by atoms with Gasteiger partial charge in [0.05, 0.1) is 0 Å². The van der Waals surface area contributed by atoms with Crippen LogP contribution in [-0.2, 0) is 13.0 Å². The van der Waals surface area contributed by atoms with E-state index in [1.54, 1.807) is 0 Å². The summed E-state index contributed by atoms with van der Waals surface area (Å²) in [4.78, 5) is 2.51. The molecule has 4 nitrogen and oxygen atoms in total. The lowest BCUT2D eigenvalue weighted by atomic mass is 10.3. The Balaban J connectivity index is 1.93. The Labute approximate surface area is 112 Å². The fourth-order valence-corrected chi connectivity index (χ4v) is 3.28. The second kappa shape index (κ2) is 6.56. The van der Waals surface area contributed by atoms with Crippen molar-refractivity contribution in [1.82, 2.24) is 19.7 Å². The van der Waals surface area contributed by atoms with Crippen molar-refractivity contribution < 1.29 is 0 Å². The zero-order valence-electron chi connectivity index (χ0n) is 10.3. The number of nitrogens with zero attached hydrogens (tertiary/aromatic N) is 3. The second-order valence-corrected chi connectivity index (χ2v) is 5.91. The molecular formula is C11H20N4S2. The Hall–Kier alpha value is -0.330. The highest BCUT2D eigenvalue weighted by Gasteiger charge is 2.11. The van der Waals surface area contributed by atoms with Crippen molar-refractivity contribution in [2.75, 3.05) is 31.1 Å². The maximum atomic E-state index is 5.28. The Bertz CT molecular complexity index is 392. The van der Waals surface area contributed by atoms with Gasteiger partial charge < -0.3 is 4.57 Å². The first kappa shape index (κ1) is 13.1. The summed E-state index contributed by atoms with van der Waals surface area (Å²) < 4.78 is 2.92. The number of H-pyrrole nitrogens is 1. The molecule has 6 heteroatoms. The lowest BCUT2D eigenvalue weighted by Gasteiger charge is -2.26. The number of nitrogens with one attached hydrogen (secondary N) is 1. The van der Waals surface area contributed by atoms with Gasteiger partial charge >= 0.3 is 0 Å². The minimum atomic E-state index is 0.764. The second-order valence-electron chi connectivity index (χ2n) is 4.30. The average molecular weight is 272 g/mol. The number of hydrogen-bond acceptors (Lipinski definition) is 4. The van der Waals surface area contributed by atoms with Crippen molar-refractivity contribution in [3.05, 3.63) is 10.6 Å². The summed E-state index contributed by atoms with van der Waals surface area (Å²) in [5.41, 5.74) is 0. The molecule has 2 heterocycles. The van der Waals surface area contributed by atoms with Crippen LogP contribution in [0.4, 0.5) is 0 Å². The van der Waals surface area contributed by atoms with Gasteiger partial charge in [0.1, 0.15) is 5.82 Å². The molecule has 0 unspecified atom stereocenters. The van der Waals surface area contributed by atoms with E-state index in [1.807, 2.05) is 11.8 Å². The molecule has 1 fully saturated rings. The van der Waals surface area contributed by atoms with Crippen LogP contribution in [0.5, 0.6) is 0 Å². The molecule has 0 aliphatic carbocycles. The van der Waals surface area contributed by atoms with Crippen LogP contribution >= 0.6 is 24.0 Å². The van der Waals surface area contributed by atoms with Crippen LogP contribution in [0, 0.1) is 4.77 Å². The van der Waals surface area contributed by atoms with E-state index in [0.717, 1.165) is 36.5 Å². The van der Waals surface area contributed by atoms with Crippen LogP contribution in [0.2, 0.25) is 0 Å². The molecule has 0 amide bonds. The fourth-order valence-electron chi connectivity index (χ4n) is 2.06. The molecule has 0 radical (unpaired) electrons. The molecule has 1 saturated heterocycles. The molecule has 1 N–H and O–H groups in total. The van der Waals surface area contributed by atoms with Crippen LogP contribution in [0.1, 0.15) is 19.2 Å². The van der Waals surface area contributed by atoms with Gasteiger partial charge in [-0.15, -0.1) is 0 Å². The third-order valence-corrected chi connectivity index (χ3v) is 4.31. The summed E-state index contributed by atoms with van der Waals surface area (Å²) >= 11 is 7.33. The molecule has 96 valence electrons. The monoisotopic (exact) mass is 272 g/mol. The maximum absolute atomic E-state index is 5.28. The average Bonchev–Trinajstić information content (AvgIpc) is 2.70. The van der Waals surface area contributed by atoms with Crippen LogP contribution in [-0.4, -0.2) is 50.8 Å². The zero-order chi connectivity index (χ0) is 12.1. The molecule has 0 spiro atoms. The van der Waals surface area contributed by atoms with Crippen molar-refractivity contribution in [3.63, 3.8) is 0 Å². The van der Waals surface area contributed by atoms with Gasteiger partial charge in [-0.2, -0.15) is 16.9 Å². The zero-order valence-corrected chi connectivity index (χ0v) is 11.9. The first-order valence-corrected chi connectivity index (χ1v) is 7.81. The van der Waals surface area contributed by atoms with Crippen molar-refractivity contribution in [2.45, 2.75) is 26.3 Å². The van der Waals surface area contributed by atoms with Gasteiger partial charge in [0.25, 0.3) is 0 Å². The molecule has 1 aromatic rings. The molecule has 17 heavy (non-hydrogen) atoms. The highest BCUT2D eigenvalue weighted by Crippen LogP contribution is 2.09.